The van der Waals surface area contributed by atoms with Crippen molar-refractivity contribution < 1.29 is 18.0 Å². The lowest BCUT2D eigenvalue weighted by Crippen LogP contribution is -2.45. The molecular formula is C23H27N3O4S2. The van der Waals surface area contributed by atoms with Gasteiger partial charge >= 0.3 is 0 Å². The fraction of sp³-hybridized carbons (Fsp3) is 0.391. The van der Waals surface area contributed by atoms with Gasteiger partial charge in [0, 0.05) is 18.0 Å². The highest BCUT2D eigenvalue weighted by atomic mass is 32.2. The highest BCUT2D eigenvalue weighted by molar-refractivity contribution is 8.01. The Morgan fingerprint density at radius 2 is 1.78 bits per heavy atom. The summed E-state index contributed by atoms with van der Waals surface area (Å²) in [6.45, 7) is 5.14. The number of likely N-dealkylation sites (tertiary alicyclic amines) is 1. The van der Waals surface area contributed by atoms with Crippen LogP contribution in [-0.2, 0) is 19.6 Å². The average Bonchev–Trinajstić information content (AvgIpc) is 3.04. The summed E-state index contributed by atoms with van der Waals surface area (Å²) in [4.78, 5) is 28.2. The van der Waals surface area contributed by atoms with Crippen LogP contribution < -0.4 is 10.0 Å². The van der Waals surface area contributed by atoms with E-state index in [9.17, 15) is 18.0 Å². The molecule has 2 N–H and O–H groups in total. The van der Waals surface area contributed by atoms with E-state index in [2.05, 4.69) is 10.0 Å². The zero-order valence-corrected chi connectivity index (χ0v) is 19.8. The fourth-order valence-corrected chi connectivity index (χ4v) is 6.22. The zero-order chi connectivity index (χ0) is 22.9. The quantitative estimate of drug-likeness (QED) is 0.656. The number of aryl methyl sites for hydroxylation is 2. The van der Waals surface area contributed by atoms with Crippen LogP contribution in [0.3, 0.4) is 0 Å². The van der Waals surface area contributed by atoms with Gasteiger partial charge in [-0.05, 0) is 56.5 Å². The Morgan fingerprint density at radius 3 is 2.47 bits per heavy atom. The van der Waals surface area contributed by atoms with Crippen molar-refractivity contribution in [3.8, 4) is 0 Å². The van der Waals surface area contributed by atoms with Gasteiger partial charge in [0.15, 0.2) is 5.25 Å². The number of anilines is 2. The second kappa shape index (κ2) is 9.15. The van der Waals surface area contributed by atoms with Crippen LogP contribution in [0.15, 0.2) is 46.2 Å². The molecule has 0 radical (unpaired) electrons. The molecule has 32 heavy (non-hydrogen) atoms. The van der Waals surface area contributed by atoms with Gasteiger partial charge in [-0.3, -0.25) is 14.3 Å². The van der Waals surface area contributed by atoms with Gasteiger partial charge in [0.2, 0.25) is 11.8 Å². The number of hydrogen-bond donors (Lipinski definition) is 2. The van der Waals surface area contributed by atoms with Gasteiger partial charge in [-0.2, -0.15) is 0 Å². The van der Waals surface area contributed by atoms with Crippen LogP contribution >= 0.6 is 11.8 Å². The maximum atomic E-state index is 12.9. The lowest BCUT2D eigenvalue weighted by molar-refractivity contribution is -0.133. The molecule has 2 heterocycles. The molecule has 2 aliphatic rings. The summed E-state index contributed by atoms with van der Waals surface area (Å²) in [5, 5.41) is 1.89. The number of thioether (sulfide) groups is 1. The van der Waals surface area contributed by atoms with Crippen molar-refractivity contribution in [3.05, 3.63) is 47.5 Å². The van der Waals surface area contributed by atoms with Crippen molar-refractivity contribution in [1.82, 2.24) is 4.90 Å². The van der Waals surface area contributed by atoms with E-state index in [-0.39, 0.29) is 10.8 Å². The first kappa shape index (κ1) is 22.7. The van der Waals surface area contributed by atoms with Gasteiger partial charge < -0.3 is 10.2 Å². The predicted octanol–water partition coefficient (Wildman–Crippen LogP) is 3.92. The average molecular weight is 474 g/mol. The van der Waals surface area contributed by atoms with Crippen LogP contribution in [0.5, 0.6) is 0 Å². The van der Waals surface area contributed by atoms with Gasteiger partial charge in [-0.25, -0.2) is 8.42 Å². The Hall–Kier alpha value is -2.52. The predicted molar refractivity (Wildman–Crippen MR) is 126 cm³/mol. The zero-order valence-electron chi connectivity index (χ0n) is 18.2. The summed E-state index contributed by atoms with van der Waals surface area (Å²) in [5.74, 6) is -0.582. The first-order valence-corrected chi connectivity index (χ1v) is 13.1. The molecule has 1 fully saturated rings. The molecule has 2 aromatic carbocycles. The number of hydrogen-bond acceptors (Lipinski definition) is 5. The Morgan fingerprint density at radius 1 is 1.06 bits per heavy atom. The largest absolute Gasteiger partial charge is 0.341 e. The number of carbonyl (C=O) groups is 2. The normalized spacial score (nSPS) is 19.0. The number of benzene rings is 2. The maximum Gasteiger partial charge on any atom is 0.261 e. The molecule has 2 aromatic rings. The van der Waals surface area contributed by atoms with E-state index in [1.54, 1.807) is 17.0 Å². The number of rotatable bonds is 4. The number of fused-ring (bicyclic) bond motifs is 1. The van der Waals surface area contributed by atoms with Crippen molar-refractivity contribution in [1.29, 1.82) is 0 Å². The fourth-order valence-electron chi connectivity index (χ4n) is 4.01. The van der Waals surface area contributed by atoms with E-state index in [1.807, 2.05) is 26.0 Å². The smallest absolute Gasteiger partial charge is 0.261 e. The number of nitrogens with one attached hydrogen (secondary N) is 2. The topological polar surface area (TPSA) is 95.6 Å². The van der Waals surface area contributed by atoms with E-state index in [0.29, 0.717) is 29.4 Å². The van der Waals surface area contributed by atoms with E-state index in [0.717, 1.165) is 36.8 Å². The second-order valence-electron chi connectivity index (χ2n) is 8.31. The van der Waals surface area contributed by atoms with Crippen LogP contribution in [0.2, 0.25) is 0 Å². The minimum atomic E-state index is -3.84. The number of amides is 2. The molecule has 0 aromatic heterocycles. The van der Waals surface area contributed by atoms with E-state index in [4.69, 9.17) is 0 Å². The minimum Gasteiger partial charge on any atom is -0.341 e. The summed E-state index contributed by atoms with van der Waals surface area (Å²) >= 11 is 1.18. The van der Waals surface area contributed by atoms with Crippen LogP contribution in [0, 0.1) is 13.8 Å². The van der Waals surface area contributed by atoms with Crippen molar-refractivity contribution in [2.45, 2.75) is 54.6 Å². The molecule has 2 aliphatic heterocycles. The first-order chi connectivity index (χ1) is 15.2. The summed E-state index contributed by atoms with van der Waals surface area (Å²) in [6.07, 6.45) is 4.11. The number of nitrogens with zero attached hydrogens (tertiary/aromatic N) is 1. The molecule has 9 heteroatoms. The van der Waals surface area contributed by atoms with Gasteiger partial charge in [0.25, 0.3) is 10.0 Å². The molecular weight excluding hydrogens is 446 g/mol. The van der Waals surface area contributed by atoms with Crippen molar-refractivity contribution in [2.24, 2.45) is 0 Å². The molecule has 2 amide bonds. The molecule has 0 saturated carbocycles. The number of carbonyl (C=O) groups excluding carboxylic acids is 2. The second-order valence-corrected chi connectivity index (χ2v) is 11.1. The van der Waals surface area contributed by atoms with Gasteiger partial charge in [-0.1, -0.05) is 30.5 Å². The van der Waals surface area contributed by atoms with Gasteiger partial charge in [0.05, 0.1) is 16.3 Å². The van der Waals surface area contributed by atoms with Crippen molar-refractivity contribution >= 4 is 45.0 Å². The molecule has 0 unspecified atom stereocenters. The Labute approximate surface area is 193 Å². The molecule has 0 aliphatic carbocycles. The highest BCUT2D eigenvalue weighted by Crippen LogP contribution is 2.38. The lowest BCUT2D eigenvalue weighted by Gasteiger charge is -2.29. The van der Waals surface area contributed by atoms with Crippen molar-refractivity contribution in [3.63, 3.8) is 0 Å². The summed E-state index contributed by atoms with van der Waals surface area (Å²) in [7, 11) is -3.84. The van der Waals surface area contributed by atoms with Gasteiger partial charge in [-0.15, -0.1) is 11.8 Å². The number of sulfonamides is 1. The van der Waals surface area contributed by atoms with Crippen LogP contribution in [0.1, 0.15) is 36.8 Å². The molecule has 170 valence electrons. The molecule has 7 nitrogen and oxygen atoms in total. The Kier molecular flexibility index (Phi) is 6.48. The third kappa shape index (κ3) is 4.78. The van der Waals surface area contributed by atoms with E-state index in [1.165, 1.54) is 23.9 Å². The summed E-state index contributed by atoms with van der Waals surface area (Å²) in [6, 6.07) is 10.1. The standard InChI is InChI=1S/C23H27N3O4S2/c1-15-7-9-18(16(2)13-15)25-32(29,30)17-8-10-20-19(14-17)24-22(27)21(31-20)23(28)26-11-5-3-4-6-12-26/h7-10,13-14,21,25H,3-6,11-12H2,1-2H3,(H,24,27)/t21-/m0/s1. The first-order valence-electron chi connectivity index (χ1n) is 10.7. The highest BCUT2D eigenvalue weighted by Gasteiger charge is 2.36. The molecule has 1 saturated heterocycles. The van der Waals surface area contributed by atoms with E-state index >= 15 is 0 Å². The maximum absolute atomic E-state index is 12.9. The molecule has 4 rings (SSSR count). The summed E-state index contributed by atoms with van der Waals surface area (Å²) < 4.78 is 28.5. The van der Waals surface area contributed by atoms with Crippen molar-refractivity contribution in [2.75, 3.05) is 23.1 Å². The third-order valence-corrected chi connectivity index (χ3v) is 8.39. The van der Waals surface area contributed by atoms with Crippen LogP contribution in [0.4, 0.5) is 11.4 Å². The summed E-state index contributed by atoms with van der Waals surface area (Å²) in [5.41, 5.74) is 2.78. The minimum absolute atomic E-state index is 0.0504. The molecule has 1 atom stereocenters. The Bertz CT molecular complexity index is 1160. The van der Waals surface area contributed by atoms with Crippen LogP contribution in [-0.4, -0.2) is 43.5 Å². The molecule has 0 bridgehead atoms. The third-order valence-electron chi connectivity index (χ3n) is 5.77. The SMILES string of the molecule is Cc1ccc(NS(=O)(=O)c2ccc3c(c2)NC(=O)[C@@H](C(=O)N2CCCCCC2)S3)c(C)c1. The van der Waals surface area contributed by atoms with E-state index < -0.39 is 21.2 Å². The monoisotopic (exact) mass is 473 g/mol. The molecule has 0 spiro atoms. The lowest BCUT2D eigenvalue weighted by atomic mass is 10.1. The Balaban J connectivity index is 1.53. The van der Waals surface area contributed by atoms with Gasteiger partial charge in [0.1, 0.15) is 0 Å². The van der Waals surface area contributed by atoms with Crippen LogP contribution in [0.25, 0.3) is 0 Å².